The standard InChI is InChI=1S/C27H31ClN6O2/c1-32-10-7-18(8-11-32)19-13-23(25(36)24(19)35)34-16-21(20-14-29-27(28)30-26(20)34)22-9-12-33(31-22)15-17-5-3-2-4-6-17/h2-6,9,12,14,16,18-19,23-25,35-36H,7-8,10-11,13,15H2,1H3/t19-,23-,24-,25+/m1/s1. The molecule has 6 rings (SSSR count). The number of benzene rings is 1. The highest BCUT2D eigenvalue weighted by molar-refractivity contribution is 6.28. The first-order valence-corrected chi connectivity index (χ1v) is 13.0. The van der Waals surface area contributed by atoms with E-state index in [1.807, 2.05) is 45.9 Å². The van der Waals surface area contributed by atoms with Gasteiger partial charge in [-0.3, -0.25) is 4.68 Å². The third-order valence-corrected chi connectivity index (χ3v) is 8.25. The Kier molecular flexibility index (Phi) is 6.29. The van der Waals surface area contributed by atoms with Crippen LogP contribution in [0, 0.1) is 11.8 Å². The lowest BCUT2D eigenvalue weighted by Crippen LogP contribution is -2.37. The number of piperidine rings is 1. The molecule has 9 heteroatoms. The van der Waals surface area contributed by atoms with Crippen LogP contribution in [-0.2, 0) is 6.54 Å². The average molecular weight is 507 g/mol. The Bertz CT molecular complexity index is 1350. The molecule has 2 aliphatic rings. The Hall–Kier alpha value is -2.78. The number of nitrogens with zero attached hydrogens (tertiary/aromatic N) is 6. The quantitative estimate of drug-likeness (QED) is 0.402. The van der Waals surface area contributed by atoms with Gasteiger partial charge >= 0.3 is 0 Å². The number of halogens is 1. The van der Waals surface area contributed by atoms with Crippen LogP contribution >= 0.6 is 11.6 Å². The summed E-state index contributed by atoms with van der Waals surface area (Å²) in [4.78, 5) is 11.1. The van der Waals surface area contributed by atoms with E-state index in [1.165, 1.54) is 5.56 Å². The molecule has 4 aromatic rings. The summed E-state index contributed by atoms with van der Waals surface area (Å²) in [5.74, 6) is 0.464. The van der Waals surface area contributed by atoms with E-state index in [-0.39, 0.29) is 17.2 Å². The van der Waals surface area contributed by atoms with Gasteiger partial charge in [0.2, 0.25) is 5.28 Å². The van der Waals surface area contributed by atoms with Gasteiger partial charge in [0.05, 0.1) is 24.4 Å². The molecule has 1 saturated heterocycles. The van der Waals surface area contributed by atoms with Gasteiger partial charge in [-0.05, 0) is 74.5 Å². The molecule has 1 aromatic carbocycles. The van der Waals surface area contributed by atoms with E-state index >= 15 is 0 Å². The molecule has 0 unspecified atom stereocenters. The van der Waals surface area contributed by atoms with Crippen molar-refractivity contribution in [1.82, 2.24) is 29.2 Å². The lowest BCUT2D eigenvalue weighted by Gasteiger charge is -2.34. The molecular weight excluding hydrogens is 476 g/mol. The molecule has 0 spiro atoms. The Labute approximate surface area is 215 Å². The number of aromatic nitrogens is 5. The van der Waals surface area contributed by atoms with Crippen LogP contribution in [0.25, 0.3) is 22.3 Å². The Morgan fingerprint density at radius 1 is 1.06 bits per heavy atom. The maximum atomic E-state index is 11.2. The maximum Gasteiger partial charge on any atom is 0.224 e. The molecule has 188 valence electrons. The molecule has 1 aliphatic carbocycles. The molecule has 0 bridgehead atoms. The molecule has 8 nitrogen and oxygen atoms in total. The van der Waals surface area contributed by atoms with Crippen molar-refractivity contribution in [2.45, 2.75) is 44.1 Å². The van der Waals surface area contributed by atoms with Crippen LogP contribution in [0.4, 0.5) is 0 Å². The second-order valence-corrected chi connectivity index (χ2v) is 10.6. The predicted octanol–water partition coefficient (Wildman–Crippen LogP) is 3.62. The molecule has 1 aliphatic heterocycles. The molecule has 3 aromatic heterocycles. The van der Waals surface area contributed by atoms with Gasteiger partial charge in [0.25, 0.3) is 0 Å². The molecule has 2 fully saturated rings. The van der Waals surface area contributed by atoms with Gasteiger partial charge in [-0.25, -0.2) is 4.98 Å². The first-order chi connectivity index (χ1) is 17.5. The maximum absolute atomic E-state index is 11.2. The molecule has 0 amide bonds. The number of likely N-dealkylation sites (tertiary alicyclic amines) is 1. The van der Waals surface area contributed by atoms with Gasteiger partial charge in [0.1, 0.15) is 11.8 Å². The van der Waals surface area contributed by atoms with Crippen LogP contribution in [0.15, 0.2) is 55.0 Å². The van der Waals surface area contributed by atoms with Crippen LogP contribution < -0.4 is 0 Å². The van der Waals surface area contributed by atoms with Gasteiger partial charge in [-0.1, -0.05) is 30.3 Å². The first-order valence-electron chi connectivity index (χ1n) is 12.6. The van der Waals surface area contributed by atoms with E-state index < -0.39 is 12.2 Å². The van der Waals surface area contributed by atoms with Crippen LogP contribution in [0.2, 0.25) is 5.28 Å². The van der Waals surface area contributed by atoms with E-state index in [0.717, 1.165) is 42.6 Å². The van der Waals surface area contributed by atoms with Gasteiger partial charge < -0.3 is 19.7 Å². The van der Waals surface area contributed by atoms with Crippen molar-refractivity contribution in [3.05, 3.63) is 65.8 Å². The summed E-state index contributed by atoms with van der Waals surface area (Å²) in [7, 11) is 2.14. The summed E-state index contributed by atoms with van der Waals surface area (Å²) in [5.41, 5.74) is 3.52. The van der Waals surface area contributed by atoms with E-state index in [4.69, 9.17) is 16.7 Å². The van der Waals surface area contributed by atoms with Crippen molar-refractivity contribution < 1.29 is 10.2 Å². The smallest absolute Gasteiger partial charge is 0.224 e. The fraction of sp³-hybridized carbons (Fsp3) is 0.444. The Morgan fingerprint density at radius 2 is 1.83 bits per heavy atom. The highest BCUT2D eigenvalue weighted by Gasteiger charge is 2.46. The highest BCUT2D eigenvalue weighted by Crippen LogP contribution is 2.44. The Balaban J connectivity index is 1.33. The number of aliphatic hydroxyl groups is 2. The van der Waals surface area contributed by atoms with Gasteiger partial charge in [0, 0.05) is 29.5 Å². The van der Waals surface area contributed by atoms with Crippen molar-refractivity contribution >= 4 is 22.6 Å². The minimum absolute atomic E-state index is 0.0574. The van der Waals surface area contributed by atoms with Crippen LogP contribution in [0.3, 0.4) is 0 Å². The second kappa shape index (κ2) is 9.59. The third kappa shape index (κ3) is 4.32. The zero-order chi connectivity index (χ0) is 24.8. The molecule has 4 heterocycles. The normalized spacial score (nSPS) is 25.7. The topological polar surface area (TPSA) is 92.2 Å². The SMILES string of the molecule is CN1CCC([C@H]2C[C@@H](n3cc(-c4ccn(Cc5ccccc5)n4)c4cnc(Cl)nc43)[C@H](O)[C@@H]2O)CC1. The largest absolute Gasteiger partial charge is 0.390 e. The van der Waals surface area contributed by atoms with Crippen LogP contribution in [-0.4, -0.2) is 71.8 Å². The van der Waals surface area contributed by atoms with Gasteiger partial charge in [-0.2, -0.15) is 10.1 Å². The first kappa shape index (κ1) is 23.6. The fourth-order valence-electron chi connectivity index (χ4n) is 6.07. The summed E-state index contributed by atoms with van der Waals surface area (Å²) < 4.78 is 3.90. The number of fused-ring (bicyclic) bond motifs is 1. The third-order valence-electron chi connectivity index (χ3n) is 8.07. The predicted molar refractivity (Wildman–Crippen MR) is 139 cm³/mol. The second-order valence-electron chi connectivity index (χ2n) is 10.3. The highest BCUT2D eigenvalue weighted by atomic mass is 35.5. The Morgan fingerprint density at radius 3 is 2.61 bits per heavy atom. The number of hydrogen-bond donors (Lipinski definition) is 2. The van der Waals surface area contributed by atoms with E-state index in [0.29, 0.717) is 24.5 Å². The summed E-state index contributed by atoms with van der Waals surface area (Å²) in [5, 5.41) is 28.0. The van der Waals surface area contributed by atoms with Crippen LogP contribution in [0.5, 0.6) is 0 Å². The summed E-state index contributed by atoms with van der Waals surface area (Å²) in [6.07, 6.45) is 6.83. The van der Waals surface area contributed by atoms with E-state index in [9.17, 15) is 10.2 Å². The minimum atomic E-state index is -0.873. The summed E-state index contributed by atoms with van der Waals surface area (Å²) in [6.45, 7) is 2.73. The monoisotopic (exact) mass is 506 g/mol. The lowest BCUT2D eigenvalue weighted by atomic mass is 9.82. The molecule has 0 radical (unpaired) electrons. The summed E-state index contributed by atoms with van der Waals surface area (Å²) in [6, 6.07) is 11.9. The molecule has 36 heavy (non-hydrogen) atoms. The zero-order valence-electron chi connectivity index (χ0n) is 20.3. The van der Waals surface area contributed by atoms with Crippen molar-refractivity contribution in [2.24, 2.45) is 11.8 Å². The minimum Gasteiger partial charge on any atom is -0.390 e. The molecular formula is C27H31ClN6O2. The van der Waals surface area contributed by atoms with Crippen LogP contribution in [0.1, 0.15) is 30.9 Å². The number of hydrogen-bond acceptors (Lipinski definition) is 6. The van der Waals surface area contributed by atoms with E-state index in [1.54, 1.807) is 6.20 Å². The van der Waals surface area contributed by atoms with Crippen molar-refractivity contribution in [3.63, 3.8) is 0 Å². The van der Waals surface area contributed by atoms with Crippen molar-refractivity contribution in [3.8, 4) is 11.3 Å². The number of rotatable bonds is 5. The molecule has 2 N–H and O–H groups in total. The molecule has 1 saturated carbocycles. The van der Waals surface area contributed by atoms with Crippen molar-refractivity contribution in [2.75, 3.05) is 20.1 Å². The summed E-state index contributed by atoms with van der Waals surface area (Å²) >= 11 is 6.20. The lowest BCUT2D eigenvalue weighted by molar-refractivity contribution is -0.0112. The fourth-order valence-corrected chi connectivity index (χ4v) is 6.20. The van der Waals surface area contributed by atoms with Gasteiger partial charge in [-0.15, -0.1) is 0 Å². The average Bonchev–Trinajstić information content (AvgIpc) is 3.57. The zero-order valence-corrected chi connectivity index (χ0v) is 21.0. The molecule has 4 atom stereocenters. The van der Waals surface area contributed by atoms with E-state index in [2.05, 4.69) is 34.0 Å². The number of aliphatic hydroxyl groups excluding tert-OH is 2. The van der Waals surface area contributed by atoms with Gasteiger partial charge in [0.15, 0.2) is 0 Å². The van der Waals surface area contributed by atoms with Crippen molar-refractivity contribution in [1.29, 1.82) is 0 Å².